The maximum Gasteiger partial charge on any atom is 0.322 e. The number of hydrogen-bond donors (Lipinski definition) is 3. The zero-order valence-electron chi connectivity index (χ0n) is 14.5. The summed E-state index contributed by atoms with van der Waals surface area (Å²) in [6, 6.07) is 4.00. The summed E-state index contributed by atoms with van der Waals surface area (Å²) in [6.45, 7) is 2.69. The molecule has 0 saturated carbocycles. The number of carboxylic acid groups (broad SMARTS) is 1. The normalized spacial score (nSPS) is 17.8. The summed E-state index contributed by atoms with van der Waals surface area (Å²) in [5, 5.41) is 26.8. The Morgan fingerprint density at radius 3 is 2.96 bits per heavy atom. The van der Waals surface area contributed by atoms with E-state index in [0.717, 1.165) is 53.7 Å². The first-order valence-corrected chi connectivity index (χ1v) is 8.80. The fourth-order valence-corrected chi connectivity index (χ4v) is 3.28. The third-order valence-electron chi connectivity index (χ3n) is 4.56. The molecule has 0 radical (unpaired) electrons. The molecule has 1 aliphatic rings. The van der Waals surface area contributed by atoms with Crippen LogP contribution in [-0.2, 0) is 16.0 Å². The molecule has 2 heterocycles. The Morgan fingerprint density at radius 2 is 2.28 bits per heavy atom. The van der Waals surface area contributed by atoms with E-state index in [0.29, 0.717) is 12.8 Å². The van der Waals surface area contributed by atoms with Crippen LogP contribution in [0, 0.1) is 6.92 Å². The Kier molecular flexibility index (Phi) is 5.55. The predicted molar refractivity (Wildman–Crippen MR) is 94.8 cm³/mol. The van der Waals surface area contributed by atoms with Crippen molar-refractivity contribution in [3.63, 3.8) is 0 Å². The molecule has 3 N–H and O–H groups in total. The molecule has 1 fully saturated rings. The quantitative estimate of drug-likeness (QED) is 0.712. The van der Waals surface area contributed by atoms with Gasteiger partial charge in [0.05, 0.1) is 11.2 Å². The number of aliphatic carboxylic acids is 1. The van der Waals surface area contributed by atoms with Gasteiger partial charge in [-0.1, -0.05) is 0 Å². The number of anilines is 1. The molecule has 25 heavy (non-hydrogen) atoms. The van der Waals surface area contributed by atoms with Gasteiger partial charge in [0, 0.05) is 24.3 Å². The van der Waals surface area contributed by atoms with Gasteiger partial charge in [0.15, 0.2) is 6.23 Å². The molecule has 1 aromatic heterocycles. The Labute approximate surface area is 146 Å². The lowest BCUT2D eigenvalue weighted by atomic mass is 10.1. The first-order valence-electron chi connectivity index (χ1n) is 8.80. The van der Waals surface area contributed by atoms with E-state index in [1.54, 1.807) is 0 Å². The molecular formula is C18H25N3O4. The number of aromatic nitrogens is 2. The van der Waals surface area contributed by atoms with Crippen molar-refractivity contribution in [2.75, 3.05) is 25.1 Å². The molecule has 136 valence electrons. The number of ether oxygens (including phenoxy) is 1. The zero-order chi connectivity index (χ0) is 17.8. The zero-order valence-corrected chi connectivity index (χ0v) is 14.5. The van der Waals surface area contributed by atoms with Crippen molar-refractivity contribution in [1.29, 1.82) is 0 Å². The van der Waals surface area contributed by atoms with Crippen molar-refractivity contribution in [2.24, 2.45) is 0 Å². The van der Waals surface area contributed by atoms with Gasteiger partial charge in [0.25, 0.3) is 0 Å². The molecule has 0 aliphatic carbocycles. The molecule has 7 nitrogen and oxygen atoms in total. The molecule has 1 aromatic carbocycles. The first-order chi connectivity index (χ1) is 12.1. The van der Waals surface area contributed by atoms with Gasteiger partial charge in [-0.05, 0) is 56.7 Å². The highest BCUT2D eigenvalue weighted by molar-refractivity contribution is 5.87. The van der Waals surface area contributed by atoms with Gasteiger partial charge in [0.1, 0.15) is 6.54 Å². The Bertz CT molecular complexity index is 750. The standard InChI is InChI=1S/C18H25N3O4/c1-12-9-13-14(5-4-7-22)20-21(17-6-2-3-8-25-17)16(13)10-15(12)19-11-18(23)24/h9-10,17,19,22H,2-8,11H2,1H3,(H,23,24). The van der Waals surface area contributed by atoms with Gasteiger partial charge < -0.3 is 20.3 Å². The van der Waals surface area contributed by atoms with Gasteiger partial charge in [-0.3, -0.25) is 4.79 Å². The summed E-state index contributed by atoms with van der Waals surface area (Å²) in [6.07, 6.45) is 4.37. The first kappa shape index (κ1) is 17.7. The van der Waals surface area contributed by atoms with Crippen LogP contribution < -0.4 is 5.32 Å². The van der Waals surface area contributed by atoms with Crippen molar-refractivity contribution >= 4 is 22.6 Å². The topological polar surface area (TPSA) is 96.6 Å². The highest BCUT2D eigenvalue weighted by Gasteiger charge is 2.21. The number of hydrogen-bond acceptors (Lipinski definition) is 5. The Morgan fingerprint density at radius 1 is 1.44 bits per heavy atom. The van der Waals surface area contributed by atoms with E-state index in [9.17, 15) is 4.79 Å². The minimum Gasteiger partial charge on any atom is -0.480 e. The van der Waals surface area contributed by atoms with Crippen LogP contribution in [0.25, 0.3) is 10.9 Å². The molecule has 3 rings (SSSR count). The third-order valence-corrected chi connectivity index (χ3v) is 4.56. The highest BCUT2D eigenvalue weighted by Crippen LogP contribution is 2.32. The van der Waals surface area contributed by atoms with E-state index in [-0.39, 0.29) is 19.4 Å². The number of rotatable bonds is 7. The van der Waals surface area contributed by atoms with Crippen LogP contribution in [0.15, 0.2) is 12.1 Å². The van der Waals surface area contributed by atoms with Gasteiger partial charge >= 0.3 is 5.97 Å². The van der Waals surface area contributed by atoms with Crippen molar-refractivity contribution < 1.29 is 19.7 Å². The number of nitrogens with one attached hydrogen (secondary N) is 1. The van der Waals surface area contributed by atoms with Crippen LogP contribution in [0.5, 0.6) is 0 Å². The van der Waals surface area contributed by atoms with Gasteiger partial charge in [-0.25, -0.2) is 4.68 Å². The van der Waals surface area contributed by atoms with Crippen LogP contribution in [0.2, 0.25) is 0 Å². The summed E-state index contributed by atoms with van der Waals surface area (Å²) in [5.41, 5.74) is 3.66. The summed E-state index contributed by atoms with van der Waals surface area (Å²) in [7, 11) is 0. The summed E-state index contributed by atoms with van der Waals surface area (Å²) < 4.78 is 7.82. The maximum atomic E-state index is 10.9. The number of carboxylic acids is 1. The Balaban J connectivity index is 2.02. The minimum absolute atomic E-state index is 0.0887. The molecule has 1 atom stereocenters. The van der Waals surface area contributed by atoms with Crippen LogP contribution in [0.3, 0.4) is 0 Å². The smallest absolute Gasteiger partial charge is 0.322 e. The third kappa shape index (κ3) is 3.93. The summed E-state index contributed by atoms with van der Waals surface area (Å²) in [4.78, 5) is 10.9. The lowest BCUT2D eigenvalue weighted by Gasteiger charge is -2.23. The number of carbonyl (C=O) groups is 1. The highest BCUT2D eigenvalue weighted by atomic mass is 16.5. The molecule has 1 aliphatic heterocycles. The van der Waals surface area contributed by atoms with Crippen LogP contribution in [0.1, 0.15) is 43.2 Å². The lowest BCUT2D eigenvalue weighted by Crippen LogP contribution is -2.19. The van der Waals surface area contributed by atoms with E-state index >= 15 is 0 Å². The summed E-state index contributed by atoms with van der Waals surface area (Å²) >= 11 is 0. The molecule has 2 aromatic rings. The largest absolute Gasteiger partial charge is 0.480 e. The van der Waals surface area contributed by atoms with E-state index in [2.05, 4.69) is 5.32 Å². The fraction of sp³-hybridized carbons (Fsp3) is 0.556. The number of aliphatic hydroxyl groups is 1. The number of fused-ring (bicyclic) bond motifs is 1. The van der Waals surface area contributed by atoms with Gasteiger partial charge in [-0.2, -0.15) is 5.10 Å². The van der Waals surface area contributed by atoms with E-state index < -0.39 is 5.97 Å². The number of benzene rings is 1. The average molecular weight is 347 g/mol. The second-order valence-corrected chi connectivity index (χ2v) is 6.47. The number of nitrogens with zero attached hydrogens (tertiary/aromatic N) is 2. The second-order valence-electron chi connectivity index (χ2n) is 6.47. The van der Waals surface area contributed by atoms with E-state index in [1.807, 2.05) is 23.7 Å². The van der Waals surface area contributed by atoms with Crippen LogP contribution in [0.4, 0.5) is 5.69 Å². The molecule has 0 bridgehead atoms. The van der Waals surface area contributed by atoms with Crippen molar-refractivity contribution in [1.82, 2.24) is 9.78 Å². The molecule has 7 heteroatoms. The molecule has 1 saturated heterocycles. The number of aliphatic hydroxyl groups excluding tert-OH is 1. The fourth-order valence-electron chi connectivity index (χ4n) is 3.28. The van der Waals surface area contributed by atoms with Crippen molar-refractivity contribution in [2.45, 2.75) is 45.3 Å². The predicted octanol–water partition coefficient (Wildman–Crippen LogP) is 2.47. The Hall–Kier alpha value is -2.12. The maximum absolute atomic E-state index is 10.9. The van der Waals surface area contributed by atoms with Crippen LogP contribution in [-0.4, -0.2) is 45.7 Å². The van der Waals surface area contributed by atoms with E-state index in [1.165, 1.54) is 0 Å². The lowest BCUT2D eigenvalue weighted by molar-refractivity contribution is -0.134. The van der Waals surface area contributed by atoms with Gasteiger partial charge in [0.2, 0.25) is 0 Å². The number of aryl methyl sites for hydroxylation is 2. The average Bonchev–Trinajstić information content (AvgIpc) is 2.96. The molecular weight excluding hydrogens is 322 g/mol. The minimum atomic E-state index is -0.896. The SMILES string of the molecule is Cc1cc2c(CCCO)nn(C3CCCCO3)c2cc1NCC(=O)O. The van der Waals surface area contributed by atoms with Gasteiger partial charge in [-0.15, -0.1) is 0 Å². The molecule has 0 spiro atoms. The molecule has 1 unspecified atom stereocenters. The van der Waals surface area contributed by atoms with E-state index in [4.69, 9.17) is 20.0 Å². The van der Waals surface area contributed by atoms with Crippen molar-refractivity contribution in [3.05, 3.63) is 23.4 Å². The summed E-state index contributed by atoms with van der Waals surface area (Å²) in [5.74, 6) is -0.896. The van der Waals surface area contributed by atoms with Crippen LogP contribution >= 0.6 is 0 Å². The monoisotopic (exact) mass is 347 g/mol. The second kappa shape index (κ2) is 7.84. The van der Waals surface area contributed by atoms with Crippen molar-refractivity contribution in [3.8, 4) is 0 Å². The molecule has 0 amide bonds.